The first-order valence-electron chi connectivity index (χ1n) is 6.79. The van der Waals surface area contributed by atoms with Gasteiger partial charge in [-0.3, -0.25) is 0 Å². The van der Waals surface area contributed by atoms with Crippen LogP contribution < -0.4 is 11.1 Å². The summed E-state index contributed by atoms with van der Waals surface area (Å²) < 4.78 is 0. The van der Waals surface area contributed by atoms with Crippen LogP contribution in [0.2, 0.25) is 5.15 Å². The zero-order valence-corrected chi connectivity index (χ0v) is 13.0. The van der Waals surface area contributed by atoms with Gasteiger partial charge in [-0.15, -0.1) is 0 Å². The monoisotopic (exact) mass is 305 g/mol. The maximum Gasteiger partial charge on any atom is 0.223 e. The van der Waals surface area contributed by atoms with E-state index in [1.165, 1.54) is 5.56 Å². The first-order valence-corrected chi connectivity index (χ1v) is 7.16. The lowest BCUT2D eigenvalue weighted by Crippen LogP contribution is -2.36. The van der Waals surface area contributed by atoms with Gasteiger partial charge in [0.05, 0.1) is 0 Å². The maximum atomic E-state index is 5.88. The minimum atomic E-state index is 0.175. The number of rotatable bonds is 6. The fourth-order valence-electron chi connectivity index (χ4n) is 2.07. The van der Waals surface area contributed by atoms with E-state index < -0.39 is 0 Å². The molecule has 1 aromatic heterocycles. The molecule has 0 aliphatic rings. The summed E-state index contributed by atoms with van der Waals surface area (Å²) >= 11 is 5.88. The summed E-state index contributed by atoms with van der Waals surface area (Å²) in [5, 5.41) is 3.61. The van der Waals surface area contributed by atoms with Crippen LogP contribution in [0.25, 0.3) is 0 Å². The number of nitrogens with two attached hydrogens (primary N) is 1. The van der Waals surface area contributed by atoms with Gasteiger partial charge < -0.3 is 16.0 Å². The van der Waals surface area contributed by atoms with E-state index in [0.29, 0.717) is 17.0 Å². The number of benzene rings is 1. The molecule has 1 atom stereocenters. The minimum Gasteiger partial charge on any atom is -0.368 e. The smallest absolute Gasteiger partial charge is 0.223 e. The second kappa shape index (κ2) is 7.24. The third-order valence-corrected chi connectivity index (χ3v) is 3.47. The molecule has 3 N–H and O–H groups in total. The predicted octanol–water partition coefficient (Wildman–Crippen LogP) is 2.30. The van der Waals surface area contributed by atoms with Crippen LogP contribution in [0, 0.1) is 0 Å². The van der Waals surface area contributed by atoms with Crippen molar-refractivity contribution in [3.05, 3.63) is 47.1 Å². The summed E-state index contributed by atoms with van der Waals surface area (Å²) in [6.07, 6.45) is 0.954. The molecule has 0 aliphatic carbocycles. The summed E-state index contributed by atoms with van der Waals surface area (Å²) in [5.41, 5.74) is 6.90. The molecule has 0 bridgehead atoms. The molecule has 0 amide bonds. The Bertz CT molecular complexity index is 553. The van der Waals surface area contributed by atoms with Crippen LogP contribution in [-0.4, -0.2) is 41.5 Å². The Morgan fingerprint density at radius 1 is 1.24 bits per heavy atom. The van der Waals surface area contributed by atoms with E-state index in [1.807, 2.05) is 6.07 Å². The Hall–Kier alpha value is -1.85. The molecule has 21 heavy (non-hydrogen) atoms. The van der Waals surface area contributed by atoms with Crippen molar-refractivity contribution in [2.75, 3.05) is 31.7 Å². The van der Waals surface area contributed by atoms with Crippen molar-refractivity contribution in [1.82, 2.24) is 14.9 Å². The Morgan fingerprint density at radius 3 is 2.57 bits per heavy atom. The van der Waals surface area contributed by atoms with Crippen LogP contribution in [0.3, 0.4) is 0 Å². The first kappa shape index (κ1) is 15.5. The van der Waals surface area contributed by atoms with E-state index in [2.05, 4.69) is 58.5 Å². The molecule has 5 nitrogen and oxygen atoms in total. The van der Waals surface area contributed by atoms with Crippen LogP contribution in [0.1, 0.15) is 5.56 Å². The topological polar surface area (TPSA) is 67.1 Å². The quantitative estimate of drug-likeness (QED) is 0.802. The number of anilines is 2. The molecule has 2 rings (SSSR count). The summed E-state index contributed by atoms with van der Waals surface area (Å²) in [4.78, 5) is 10.2. The van der Waals surface area contributed by atoms with Crippen LogP contribution >= 0.6 is 11.6 Å². The van der Waals surface area contributed by atoms with Crippen LogP contribution in [-0.2, 0) is 6.42 Å². The highest BCUT2D eigenvalue weighted by molar-refractivity contribution is 6.29. The van der Waals surface area contributed by atoms with Crippen molar-refractivity contribution in [1.29, 1.82) is 0 Å². The molecule has 1 heterocycles. The predicted molar refractivity (Wildman–Crippen MR) is 87.6 cm³/mol. The molecule has 1 aromatic carbocycles. The summed E-state index contributed by atoms with van der Waals surface area (Å²) in [6.45, 7) is 0.745. The Balaban J connectivity index is 2.00. The number of halogens is 1. The number of aromatic nitrogens is 2. The molecule has 0 spiro atoms. The number of hydrogen-bond donors (Lipinski definition) is 2. The van der Waals surface area contributed by atoms with Crippen molar-refractivity contribution in [2.24, 2.45) is 0 Å². The summed E-state index contributed by atoms with van der Waals surface area (Å²) in [7, 11) is 4.13. The molecular weight excluding hydrogens is 286 g/mol. The Morgan fingerprint density at radius 2 is 1.95 bits per heavy atom. The second-order valence-electron chi connectivity index (χ2n) is 5.12. The van der Waals surface area contributed by atoms with E-state index in [9.17, 15) is 0 Å². The van der Waals surface area contributed by atoms with Gasteiger partial charge in [0.25, 0.3) is 0 Å². The highest BCUT2D eigenvalue weighted by Gasteiger charge is 2.12. The van der Waals surface area contributed by atoms with Gasteiger partial charge in [-0.25, -0.2) is 4.98 Å². The second-order valence-corrected chi connectivity index (χ2v) is 5.51. The average Bonchev–Trinajstić information content (AvgIpc) is 2.43. The van der Waals surface area contributed by atoms with Crippen molar-refractivity contribution in [3.8, 4) is 0 Å². The molecule has 0 fully saturated rings. The van der Waals surface area contributed by atoms with Crippen molar-refractivity contribution < 1.29 is 0 Å². The van der Waals surface area contributed by atoms with Gasteiger partial charge in [0.15, 0.2) is 0 Å². The number of nitrogens with zero attached hydrogens (tertiary/aromatic N) is 3. The van der Waals surface area contributed by atoms with Gasteiger partial charge in [-0.1, -0.05) is 41.9 Å². The van der Waals surface area contributed by atoms with E-state index >= 15 is 0 Å². The van der Waals surface area contributed by atoms with Crippen LogP contribution in [0.4, 0.5) is 11.8 Å². The van der Waals surface area contributed by atoms with Crippen molar-refractivity contribution >= 4 is 23.4 Å². The summed E-state index contributed by atoms with van der Waals surface area (Å²) in [5.74, 6) is 0.821. The lowest BCUT2D eigenvalue weighted by atomic mass is 10.1. The number of hydrogen-bond acceptors (Lipinski definition) is 5. The fraction of sp³-hybridized carbons (Fsp3) is 0.333. The normalized spacial score (nSPS) is 12.4. The maximum absolute atomic E-state index is 5.88. The van der Waals surface area contributed by atoms with E-state index in [-0.39, 0.29) is 5.95 Å². The molecule has 0 radical (unpaired) electrons. The Labute approximate surface area is 130 Å². The average molecular weight is 306 g/mol. The minimum absolute atomic E-state index is 0.175. The number of likely N-dealkylation sites (N-methyl/N-ethyl adjacent to an activating group) is 1. The zero-order chi connectivity index (χ0) is 15.2. The third-order valence-electron chi connectivity index (χ3n) is 3.28. The molecular formula is C15H20ClN5. The SMILES string of the molecule is CN(C)C(CNc1cc(Cl)nc(N)n1)Cc1ccccc1. The highest BCUT2D eigenvalue weighted by atomic mass is 35.5. The van der Waals surface area contributed by atoms with Crippen molar-refractivity contribution in [3.63, 3.8) is 0 Å². The third kappa shape index (κ3) is 4.88. The lowest BCUT2D eigenvalue weighted by Gasteiger charge is -2.25. The number of nitrogens with one attached hydrogen (secondary N) is 1. The largest absolute Gasteiger partial charge is 0.368 e. The lowest BCUT2D eigenvalue weighted by molar-refractivity contribution is 0.303. The van der Waals surface area contributed by atoms with Crippen LogP contribution in [0.5, 0.6) is 0 Å². The van der Waals surface area contributed by atoms with Crippen LogP contribution in [0.15, 0.2) is 36.4 Å². The molecule has 0 aliphatic heterocycles. The number of nitrogen functional groups attached to an aromatic ring is 1. The van der Waals surface area contributed by atoms with Gasteiger partial charge >= 0.3 is 0 Å². The van der Waals surface area contributed by atoms with E-state index in [1.54, 1.807) is 6.07 Å². The first-order chi connectivity index (χ1) is 10.0. The molecule has 0 saturated carbocycles. The molecule has 1 unspecified atom stereocenters. The van der Waals surface area contributed by atoms with Crippen molar-refractivity contribution in [2.45, 2.75) is 12.5 Å². The van der Waals surface area contributed by atoms with Gasteiger partial charge in [0.1, 0.15) is 11.0 Å². The van der Waals surface area contributed by atoms with Gasteiger partial charge in [-0.2, -0.15) is 4.98 Å². The summed E-state index contributed by atoms with van der Waals surface area (Å²) in [6, 6.07) is 12.4. The standard InChI is InChI=1S/C15H20ClN5/c1-21(2)12(8-11-6-4-3-5-7-11)10-18-14-9-13(16)19-15(17)20-14/h3-7,9,12H,8,10H2,1-2H3,(H3,17,18,19,20). The fourth-order valence-corrected chi connectivity index (χ4v) is 2.26. The van der Waals surface area contributed by atoms with Gasteiger partial charge in [0, 0.05) is 18.7 Å². The molecule has 2 aromatic rings. The molecule has 6 heteroatoms. The Kier molecular flexibility index (Phi) is 5.36. The molecule has 0 saturated heterocycles. The molecule has 112 valence electrons. The van der Waals surface area contributed by atoms with Gasteiger partial charge in [0.2, 0.25) is 5.95 Å². The van der Waals surface area contributed by atoms with E-state index in [4.69, 9.17) is 17.3 Å². The zero-order valence-electron chi connectivity index (χ0n) is 12.3. The highest BCUT2D eigenvalue weighted by Crippen LogP contribution is 2.13. The van der Waals surface area contributed by atoms with E-state index in [0.717, 1.165) is 13.0 Å². The van der Waals surface area contributed by atoms with Gasteiger partial charge in [-0.05, 0) is 26.1 Å².